The van der Waals surface area contributed by atoms with E-state index in [2.05, 4.69) is 21.5 Å². The first kappa shape index (κ1) is 15.9. The third kappa shape index (κ3) is 6.46. The van der Waals surface area contributed by atoms with Gasteiger partial charge in [-0.2, -0.15) is 0 Å². The molecule has 8 nitrogen and oxygen atoms in total. The Hall–Kier alpha value is -2.12. The maximum absolute atomic E-state index is 11.4. The number of hydrogen-bond acceptors (Lipinski definition) is 4. The Labute approximate surface area is 105 Å². The van der Waals surface area contributed by atoms with E-state index in [1.165, 1.54) is 27.7 Å². The maximum atomic E-state index is 11.4. The largest absolute Gasteiger partial charge is 0.345 e. The summed E-state index contributed by atoms with van der Waals surface area (Å²) < 4.78 is 0. The second-order valence-corrected chi connectivity index (χ2v) is 3.82. The van der Waals surface area contributed by atoms with Gasteiger partial charge in [0.1, 0.15) is 12.1 Å². The molecule has 0 aromatic rings. The summed E-state index contributed by atoms with van der Waals surface area (Å²) in [5, 5.41) is 4.71. The normalized spacial score (nSPS) is 12.9. The summed E-state index contributed by atoms with van der Waals surface area (Å²) in [4.78, 5) is 44.2. The molecule has 0 bridgehead atoms. The summed E-state index contributed by atoms with van der Waals surface area (Å²) in [5.74, 6) is -1.83. The van der Waals surface area contributed by atoms with Crippen LogP contribution in [0.15, 0.2) is 0 Å². The lowest BCUT2D eigenvalue weighted by Crippen LogP contribution is -2.54. The summed E-state index contributed by atoms with van der Waals surface area (Å²) in [6, 6.07) is -1.53. The molecule has 0 radical (unpaired) electrons. The SMILES string of the molecule is CC(=O)NC(C)C(=O)NNC(=O)C(C)NC(C)=O. The first-order chi connectivity index (χ1) is 8.23. The van der Waals surface area contributed by atoms with Crippen LogP contribution in [-0.2, 0) is 19.2 Å². The van der Waals surface area contributed by atoms with Gasteiger partial charge in [0.05, 0.1) is 0 Å². The molecule has 0 rings (SSSR count). The summed E-state index contributed by atoms with van der Waals surface area (Å²) in [7, 11) is 0. The molecule has 0 aromatic carbocycles. The lowest BCUT2D eigenvalue weighted by Gasteiger charge is -2.16. The Morgan fingerprint density at radius 2 is 1.00 bits per heavy atom. The Balaban J connectivity index is 4.08. The Bertz CT molecular complexity index is 322. The van der Waals surface area contributed by atoms with Crippen LogP contribution in [0.2, 0.25) is 0 Å². The second-order valence-electron chi connectivity index (χ2n) is 3.82. The van der Waals surface area contributed by atoms with Crippen LogP contribution in [0.4, 0.5) is 0 Å². The minimum absolute atomic E-state index is 0.351. The monoisotopic (exact) mass is 258 g/mol. The highest BCUT2D eigenvalue weighted by Crippen LogP contribution is 1.83. The topological polar surface area (TPSA) is 116 Å². The number of nitrogens with one attached hydrogen (secondary N) is 4. The van der Waals surface area contributed by atoms with E-state index in [1.807, 2.05) is 0 Å². The van der Waals surface area contributed by atoms with Crippen LogP contribution in [0.5, 0.6) is 0 Å². The van der Waals surface area contributed by atoms with Crippen molar-refractivity contribution in [2.24, 2.45) is 0 Å². The van der Waals surface area contributed by atoms with Crippen LogP contribution < -0.4 is 21.5 Å². The number of hydrazine groups is 1. The van der Waals surface area contributed by atoms with Crippen molar-refractivity contribution in [3.8, 4) is 0 Å². The van der Waals surface area contributed by atoms with Crippen molar-refractivity contribution in [1.29, 1.82) is 0 Å². The molecule has 2 unspecified atom stereocenters. The predicted octanol–water partition coefficient (Wildman–Crippen LogP) is -1.82. The molecule has 8 heteroatoms. The van der Waals surface area contributed by atoms with E-state index >= 15 is 0 Å². The van der Waals surface area contributed by atoms with E-state index in [0.29, 0.717) is 0 Å². The van der Waals surface area contributed by atoms with Crippen LogP contribution >= 0.6 is 0 Å². The van der Waals surface area contributed by atoms with Gasteiger partial charge in [0.25, 0.3) is 11.8 Å². The van der Waals surface area contributed by atoms with Gasteiger partial charge in [0, 0.05) is 13.8 Å². The maximum Gasteiger partial charge on any atom is 0.260 e. The van der Waals surface area contributed by atoms with Crippen molar-refractivity contribution in [2.75, 3.05) is 0 Å². The Morgan fingerprint density at radius 1 is 0.722 bits per heavy atom. The minimum Gasteiger partial charge on any atom is -0.345 e. The molecule has 0 fully saturated rings. The lowest BCUT2D eigenvalue weighted by atomic mass is 10.3. The van der Waals surface area contributed by atoms with Gasteiger partial charge in [-0.05, 0) is 13.8 Å². The van der Waals surface area contributed by atoms with Crippen LogP contribution in [-0.4, -0.2) is 35.7 Å². The lowest BCUT2D eigenvalue weighted by molar-refractivity contribution is -0.133. The smallest absolute Gasteiger partial charge is 0.260 e. The van der Waals surface area contributed by atoms with Gasteiger partial charge in [0.15, 0.2) is 0 Å². The average molecular weight is 258 g/mol. The van der Waals surface area contributed by atoms with Gasteiger partial charge in [-0.25, -0.2) is 0 Å². The zero-order chi connectivity index (χ0) is 14.3. The average Bonchev–Trinajstić information content (AvgIpc) is 2.23. The third-order valence-electron chi connectivity index (χ3n) is 1.94. The van der Waals surface area contributed by atoms with Crippen molar-refractivity contribution < 1.29 is 19.2 Å². The van der Waals surface area contributed by atoms with Gasteiger partial charge in [-0.15, -0.1) is 0 Å². The standard InChI is InChI=1S/C10H18N4O4/c1-5(11-7(3)15)9(17)13-14-10(18)6(2)12-8(4)16/h5-6H,1-4H3,(H,11,15)(H,12,16)(H,13,17)(H,14,18). The number of carbonyl (C=O) groups is 4. The molecule has 0 aromatic heterocycles. The molecular formula is C10H18N4O4. The van der Waals surface area contributed by atoms with Crippen LogP contribution in [0, 0.1) is 0 Å². The number of hydrogen-bond donors (Lipinski definition) is 4. The fourth-order valence-corrected chi connectivity index (χ4v) is 1.08. The Morgan fingerprint density at radius 3 is 1.22 bits per heavy atom. The fraction of sp³-hybridized carbons (Fsp3) is 0.600. The molecule has 0 heterocycles. The van der Waals surface area contributed by atoms with E-state index in [1.54, 1.807) is 0 Å². The van der Waals surface area contributed by atoms with Gasteiger partial charge in [0.2, 0.25) is 11.8 Å². The fourth-order valence-electron chi connectivity index (χ4n) is 1.08. The zero-order valence-corrected chi connectivity index (χ0v) is 10.8. The molecule has 0 saturated heterocycles. The molecule has 4 amide bonds. The van der Waals surface area contributed by atoms with E-state index in [-0.39, 0.29) is 11.8 Å². The van der Waals surface area contributed by atoms with Crippen LogP contribution in [0.3, 0.4) is 0 Å². The molecule has 0 saturated carbocycles. The molecule has 0 aliphatic rings. The molecular weight excluding hydrogens is 240 g/mol. The summed E-state index contributed by atoms with van der Waals surface area (Å²) in [5.41, 5.74) is 4.27. The molecule has 0 aliphatic heterocycles. The molecule has 2 atom stereocenters. The van der Waals surface area contributed by atoms with E-state index < -0.39 is 23.9 Å². The quantitative estimate of drug-likeness (QED) is 0.444. The van der Waals surface area contributed by atoms with Crippen molar-refractivity contribution in [3.05, 3.63) is 0 Å². The zero-order valence-electron chi connectivity index (χ0n) is 10.8. The highest BCUT2D eigenvalue weighted by atomic mass is 16.2. The van der Waals surface area contributed by atoms with Crippen molar-refractivity contribution in [3.63, 3.8) is 0 Å². The van der Waals surface area contributed by atoms with Crippen molar-refractivity contribution in [1.82, 2.24) is 21.5 Å². The van der Waals surface area contributed by atoms with Crippen LogP contribution in [0.1, 0.15) is 27.7 Å². The Kier molecular flexibility index (Phi) is 6.40. The predicted molar refractivity (Wildman–Crippen MR) is 62.8 cm³/mol. The highest BCUT2D eigenvalue weighted by molar-refractivity contribution is 5.90. The number of carbonyl (C=O) groups excluding carboxylic acids is 4. The van der Waals surface area contributed by atoms with Crippen molar-refractivity contribution >= 4 is 23.6 Å². The molecule has 102 valence electrons. The number of rotatable bonds is 4. The van der Waals surface area contributed by atoms with Gasteiger partial charge in [-0.1, -0.05) is 0 Å². The first-order valence-electron chi connectivity index (χ1n) is 5.38. The van der Waals surface area contributed by atoms with Crippen molar-refractivity contribution in [2.45, 2.75) is 39.8 Å². The summed E-state index contributed by atoms with van der Waals surface area (Å²) in [6.07, 6.45) is 0. The van der Waals surface area contributed by atoms with E-state index in [9.17, 15) is 19.2 Å². The van der Waals surface area contributed by atoms with Crippen LogP contribution in [0.25, 0.3) is 0 Å². The second kappa shape index (κ2) is 7.25. The van der Waals surface area contributed by atoms with E-state index in [0.717, 1.165) is 0 Å². The summed E-state index contributed by atoms with van der Waals surface area (Å²) >= 11 is 0. The van der Waals surface area contributed by atoms with E-state index in [4.69, 9.17) is 0 Å². The molecule has 18 heavy (non-hydrogen) atoms. The summed E-state index contributed by atoms with van der Waals surface area (Å²) in [6.45, 7) is 5.50. The first-order valence-corrected chi connectivity index (χ1v) is 5.38. The molecule has 0 aliphatic carbocycles. The minimum atomic E-state index is -0.765. The van der Waals surface area contributed by atoms with Gasteiger partial charge < -0.3 is 10.6 Å². The van der Waals surface area contributed by atoms with Gasteiger partial charge >= 0.3 is 0 Å². The third-order valence-corrected chi connectivity index (χ3v) is 1.94. The number of amides is 4. The highest BCUT2D eigenvalue weighted by Gasteiger charge is 2.17. The molecule has 4 N–H and O–H groups in total. The molecule has 0 spiro atoms. The van der Waals surface area contributed by atoms with Gasteiger partial charge in [-0.3, -0.25) is 30.0 Å².